The topological polar surface area (TPSA) is 38.7 Å². The van der Waals surface area contributed by atoms with Gasteiger partial charge in [0.25, 0.3) is 0 Å². The van der Waals surface area contributed by atoms with Crippen molar-refractivity contribution in [2.24, 2.45) is 0 Å². The molecule has 0 atom stereocenters. The van der Waals surface area contributed by atoms with E-state index in [9.17, 15) is 0 Å². The van der Waals surface area contributed by atoms with Gasteiger partial charge in [-0.15, -0.1) is 0 Å². The number of pyridine rings is 1. The summed E-state index contributed by atoms with van der Waals surface area (Å²) >= 11 is 0. The summed E-state index contributed by atoms with van der Waals surface area (Å²) in [5.74, 6) is 0.665. The van der Waals surface area contributed by atoms with Crippen LogP contribution in [-0.4, -0.2) is 15.0 Å². The average molecular weight is 814 g/mol. The Morgan fingerprint density at radius 3 is 1.19 bits per heavy atom. The van der Waals surface area contributed by atoms with E-state index in [1.807, 2.05) is 12.3 Å². The van der Waals surface area contributed by atoms with Crippen LogP contribution in [0, 0.1) is 0 Å². The smallest absolute Gasteiger partial charge is 0.160 e. The van der Waals surface area contributed by atoms with E-state index in [-0.39, 0.29) is 0 Å². The molecule has 2 aromatic heterocycles. The average Bonchev–Trinajstić information content (AvgIpc) is 3.38. The van der Waals surface area contributed by atoms with Gasteiger partial charge in [0.15, 0.2) is 5.82 Å². The molecule has 0 saturated heterocycles. The van der Waals surface area contributed by atoms with Gasteiger partial charge >= 0.3 is 0 Å². The van der Waals surface area contributed by atoms with E-state index in [1.54, 1.807) is 6.20 Å². The zero-order valence-electron chi connectivity index (χ0n) is 34.9. The first-order valence-corrected chi connectivity index (χ1v) is 21.7. The molecule has 0 amide bonds. The largest absolute Gasteiger partial charge is 0.264 e. The van der Waals surface area contributed by atoms with Gasteiger partial charge < -0.3 is 0 Å². The van der Waals surface area contributed by atoms with Crippen molar-refractivity contribution < 1.29 is 0 Å². The van der Waals surface area contributed by atoms with Crippen LogP contribution < -0.4 is 0 Å². The molecular weight excluding hydrogens is 775 g/mol. The van der Waals surface area contributed by atoms with E-state index in [0.29, 0.717) is 5.82 Å². The van der Waals surface area contributed by atoms with Crippen LogP contribution in [0.3, 0.4) is 0 Å². The Morgan fingerprint density at radius 1 is 0.250 bits per heavy atom. The second kappa shape index (κ2) is 15.7. The lowest BCUT2D eigenvalue weighted by molar-refractivity contribution is 1.18. The highest BCUT2D eigenvalue weighted by molar-refractivity contribution is 6.26. The first-order chi connectivity index (χ1) is 31.7. The van der Waals surface area contributed by atoms with E-state index in [0.717, 1.165) is 60.9 Å². The quantitative estimate of drug-likeness (QED) is 0.174. The molecule has 0 bridgehead atoms. The minimum atomic E-state index is 0.665. The van der Waals surface area contributed by atoms with Gasteiger partial charge in [-0.1, -0.05) is 206 Å². The fourth-order valence-electron chi connectivity index (χ4n) is 9.49. The maximum atomic E-state index is 5.39. The maximum absolute atomic E-state index is 5.39. The lowest BCUT2D eigenvalue weighted by Crippen LogP contribution is -1.96. The zero-order valence-corrected chi connectivity index (χ0v) is 34.9. The summed E-state index contributed by atoms with van der Waals surface area (Å²) in [6, 6.07) is 80.6. The first-order valence-electron chi connectivity index (χ1n) is 21.7. The Kier molecular flexibility index (Phi) is 9.16. The molecule has 298 valence electrons. The summed E-state index contributed by atoms with van der Waals surface area (Å²) in [5, 5.41) is 14.3. The fourth-order valence-corrected chi connectivity index (χ4v) is 9.49. The zero-order chi connectivity index (χ0) is 42.4. The number of rotatable bonds is 5. The monoisotopic (exact) mass is 813 g/mol. The van der Waals surface area contributed by atoms with Crippen molar-refractivity contribution in [2.75, 3.05) is 0 Å². The van der Waals surface area contributed by atoms with Crippen molar-refractivity contribution in [2.45, 2.75) is 0 Å². The Bertz CT molecular complexity index is 3740. The van der Waals surface area contributed by atoms with E-state index >= 15 is 0 Å². The number of fused-ring (bicyclic) bond motifs is 11. The Hall–Kier alpha value is -8.53. The lowest BCUT2D eigenvalue weighted by Gasteiger charge is -2.13. The van der Waals surface area contributed by atoms with E-state index in [1.165, 1.54) is 54.0 Å². The predicted molar refractivity (Wildman–Crippen MR) is 270 cm³/mol. The highest BCUT2D eigenvalue weighted by atomic mass is 14.9. The van der Waals surface area contributed by atoms with Crippen LogP contribution in [-0.2, 0) is 0 Å². The highest BCUT2D eigenvalue weighted by Gasteiger charge is 2.15. The number of hydrogen-bond acceptors (Lipinski definition) is 3. The number of hydrogen-bond donors (Lipinski definition) is 0. The van der Waals surface area contributed by atoms with Crippen LogP contribution in [0.2, 0.25) is 0 Å². The Labute approximate surface area is 371 Å². The summed E-state index contributed by atoms with van der Waals surface area (Å²) in [4.78, 5) is 15.1. The first kappa shape index (κ1) is 37.2. The summed E-state index contributed by atoms with van der Waals surface area (Å²) in [5.41, 5.74) is 9.24. The summed E-state index contributed by atoms with van der Waals surface area (Å²) in [6.07, 6.45) is 3.70. The molecule has 0 aliphatic heterocycles. The number of nitrogens with zero attached hydrogens (tertiary/aromatic N) is 3. The SMILES string of the molecule is c1cncc(-c2ccc(-c3cc(-c4ccc(-c5cccc6ccccc56)cc4)nc(-c4ccc5c6ccccc6c6ccccc6c6ccccc6c6ccccc6c5c4)n3)cc2)c1. The molecule has 0 fully saturated rings. The highest BCUT2D eigenvalue weighted by Crippen LogP contribution is 2.38. The predicted octanol–water partition coefficient (Wildman–Crippen LogP) is 16.3. The molecule has 0 radical (unpaired) electrons. The van der Waals surface area contributed by atoms with Gasteiger partial charge in [-0.05, 0) is 105 Å². The summed E-state index contributed by atoms with van der Waals surface area (Å²) in [7, 11) is 0. The van der Waals surface area contributed by atoms with Crippen LogP contribution in [0.4, 0.5) is 0 Å². The van der Waals surface area contributed by atoms with Gasteiger partial charge in [0.05, 0.1) is 11.4 Å². The molecule has 0 spiro atoms. The van der Waals surface area contributed by atoms with Crippen molar-refractivity contribution in [3.05, 3.63) is 237 Å². The molecule has 12 rings (SSSR count). The molecule has 0 saturated carbocycles. The van der Waals surface area contributed by atoms with Crippen LogP contribution in [0.1, 0.15) is 0 Å². The molecule has 0 N–H and O–H groups in total. The standard InChI is InChI=1S/C61H39N3/c1-2-16-47-41(13-1)14-11-25-48(47)42-28-32-44(33-29-42)60-38-59(43-30-26-40(27-31-43)46-15-12-36-62-39-46)63-61(64-60)45-34-35-57-55-23-8-7-21-53(55)51-19-4-3-17-49(51)50-18-5-6-20-52(50)54-22-9-10-24-56(54)58(57)37-45/h1-39H. The molecular formula is C61H39N3. The minimum absolute atomic E-state index is 0.665. The van der Waals surface area contributed by atoms with Gasteiger partial charge in [-0.3, -0.25) is 4.98 Å². The van der Waals surface area contributed by atoms with Crippen LogP contribution in [0.15, 0.2) is 237 Å². The van der Waals surface area contributed by atoms with Gasteiger partial charge in [-0.25, -0.2) is 9.97 Å². The molecule has 0 aliphatic carbocycles. The lowest BCUT2D eigenvalue weighted by atomic mass is 9.93. The third-order valence-corrected chi connectivity index (χ3v) is 12.6. The molecule has 0 aliphatic rings. The van der Waals surface area contributed by atoms with Crippen molar-refractivity contribution >= 4 is 64.6 Å². The summed E-state index contributed by atoms with van der Waals surface area (Å²) in [6.45, 7) is 0. The number of benzene rings is 9. The molecule has 3 nitrogen and oxygen atoms in total. The van der Waals surface area contributed by atoms with Crippen molar-refractivity contribution in [1.82, 2.24) is 15.0 Å². The van der Waals surface area contributed by atoms with Gasteiger partial charge in [-0.2, -0.15) is 0 Å². The second-order valence-electron chi connectivity index (χ2n) is 16.3. The fraction of sp³-hybridized carbons (Fsp3) is 0. The second-order valence-corrected chi connectivity index (χ2v) is 16.3. The molecule has 0 unspecified atom stereocenters. The molecule has 12 aromatic rings. The van der Waals surface area contributed by atoms with Gasteiger partial charge in [0, 0.05) is 29.1 Å². The van der Waals surface area contributed by atoms with Crippen LogP contribution >= 0.6 is 0 Å². The van der Waals surface area contributed by atoms with Crippen molar-refractivity contribution in [3.8, 4) is 56.2 Å². The van der Waals surface area contributed by atoms with E-state index in [4.69, 9.17) is 9.97 Å². The van der Waals surface area contributed by atoms with Gasteiger partial charge in [0.2, 0.25) is 0 Å². The molecule has 3 heteroatoms. The van der Waals surface area contributed by atoms with E-state index in [2.05, 4.69) is 223 Å². The third kappa shape index (κ3) is 6.59. The van der Waals surface area contributed by atoms with Crippen molar-refractivity contribution in [1.29, 1.82) is 0 Å². The van der Waals surface area contributed by atoms with Crippen LogP contribution in [0.5, 0.6) is 0 Å². The molecule has 64 heavy (non-hydrogen) atoms. The van der Waals surface area contributed by atoms with Crippen LogP contribution in [0.25, 0.3) is 121 Å². The van der Waals surface area contributed by atoms with Crippen molar-refractivity contribution in [3.63, 3.8) is 0 Å². The minimum Gasteiger partial charge on any atom is -0.264 e. The summed E-state index contributed by atoms with van der Waals surface area (Å²) < 4.78 is 0. The maximum Gasteiger partial charge on any atom is 0.160 e. The van der Waals surface area contributed by atoms with Gasteiger partial charge in [0.1, 0.15) is 0 Å². The van der Waals surface area contributed by atoms with E-state index < -0.39 is 0 Å². The number of aromatic nitrogens is 3. The molecule has 2 heterocycles. The Morgan fingerprint density at radius 2 is 0.672 bits per heavy atom. The Balaban J connectivity index is 1.10. The third-order valence-electron chi connectivity index (χ3n) is 12.6. The molecule has 10 aromatic carbocycles. The normalized spacial score (nSPS) is 11.4.